The predicted octanol–water partition coefficient (Wildman–Crippen LogP) is 5.64. The van der Waals surface area contributed by atoms with Crippen LogP contribution in [-0.4, -0.2) is 33.9 Å². The zero-order valence-corrected chi connectivity index (χ0v) is 24.2. The summed E-state index contributed by atoms with van der Waals surface area (Å²) in [7, 11) is -2.73. The van der Waals surface area contributed by atoms with Crippen molar-refractivity contribution in [1.29, 1.82) is 0 Å². The summed E-state index contributed by atoms with van der Waals surface area (Å²) < 4.78 is 34.2. The Morgan fingerprint density at radius 3 is 2.17 bits per heavy atom. The van der Waals surface area contributed by atoms with Crippen molar-refractivity contribution in [3.05, 3.63) is 119 Å². The summed E-state index contributed by atoms with van der Waals surface area (Å²) in [4.78, 5) is 26.7. The molecule has 0 aliphatic rings. The molecule has 212 valence electrons. The molecule has 0 bridgehead atoms. The van der Waals surface area contributed by atoms with Gasteiger partial charge in [-0.15, -0.1) is 0 Å². The molecule has 1 atom stereocenters. The predicted molar refractivity (Wildman–Crippen MR) is 161 cm³/mol. The SMILES string of the molecule is COc1ccc(C)cc1N(CC(=O)Nc1ccccc1C(=O)N[C@@H](C)c1ccccc1)S(=O)(=O)c1ccc(C)cc1. The number of aryl methyl sites for hydroxylation is 2. The molecule has 0 saturated carbocycles. The van der Waals surface area contributed by atoms with E-state index < -0.39 is 22.5 Å². The van der Waals surface area contributed by atoms with Gasteiger partial charge in [-0.3, -0.25) is 13.9 Å². The van der Waals surface area contributed by atoms with Crippen molar-refractivity contribution in [2.75, 3.05) is 23.3 Å². The van der Waals surface area contributed by atoms with E-state index in [2.05, 4.69) is 10.6 Å². The van der Waals surface area contributed by atoms with E-state index in [0.717, 1.165) is 21.0 Å². The number of methoxy groups -OCH3 is 1. The van der Waals surface area contributed by atoms with E-state index >= 15 is 0 Å². The standard InChI is InChI=1S/C32H33N3O5S/c1-22-14-17-26(18-15-22)41(38,39)35(29-20-23(2)16-19-30(29)40-4)21-31(36)34-28-13-9-8-12-27(28)32(37)33-24(3)25-10-6-5-7-11-25/h5-20,24H,21H2,1-4H3,(H,33,37)(H,34,36)/t24-/m0/s1. The molecule has 0 aliphatic carbocycles. The second-order valence-corrected chi connectivity index (χ2v) is 11.6. The van der Waals surface area contributed by atoms with Gasteiger partial charge in [0.05, 0.1) is 35.0 Å². The number of benzene rings is 4. The molecule has 4 aromatic carbocycles. The molecule has 8 nitrogen and oxygen atoms in total. The lowest BCUT2D eigenvalue weighted by Crippen LogP contribution is -2.38. The number of sulfonamides is 1. The minimum Gasteiger partial charge on any atom is -0.495 e. The van der Waals surface area contributed by atoms with Crippen molar-refractivity contribution in [3.8, 4) is 5.75 Å². The van der Waals surface area contributed by atoms with E-state index in [-0.39, 0.29) is 33.8 Å². The third-order valence-corrected chi connectivity index (χ3v) is 8.37. The van der Waals surface area contributed by atoms with Crippen molar-refractivity contribution < 1.29 is 22.7 Å². The number of rotatable bonds is 10. The Bertz CT molecular complexity index is 1640. The molecule has 41 heavy (non-hydrogen) atoms. The Hall–Kier alpha value is -4.63. The van der Waals surface area contributed by atoms with Gasteiger partial charge in [-0.2, -0.15) is 0 Å². The second-order valence-electron chi connectivity index (χ2n) is 9.70. The second kappa shape index (κ2) is 12.7. The Morgan fingerprint density at radius 1 is 0.854 bits per heavy atom. The van der Waals surface area contributed by atoms with Crippen LogP contribution in [0.2, 0.25) is 0 Å². The average molecular weight is 572 g/mol. The van der Waals surface area contributed by atoms with Gasteiger partial charge in [0.2, 0.25) is 5.91 Å². The topological polar surface area (TPSA) is 105 Å². The molecular formula is C32H33N3O5S. The first-order chi connectivity index (χ1) is 19.6. The first kappa shape index (κ1) is 29.4. The number of hydrogen-bond acceptors (Lipinski definition) is 5. The van der Waals surface area contributed by atoms with Gasteiger partial charge in [-0.25, -0.2) is 8.42 Å². The lowest BCUT2D eigenvalue weighted by Gasteiger charge is -2.26. The fourth-order valence-corrected chi connectivity index (χ4v) is 5.77. The molecule has 0 aliphatic heterocycles. The maximum absolute atomic E-state index is 13.9. The van der Waals surface area contributed by atoms with E-state index in [0.29, 0.717) is 5.75 Å². The van der Waals surface area contributed by atoms with Crippen LogP contribution < -0.4 is 19.7 Å². The quantitative estimate of drug-likeness (QED) is 0.257. The summed E-state index contributed by atoms with van der Waals surface area (Å²) in [6.07, 6.45) is 0. The molecule has 0 aromatic heterocycles. The van der Waals surface area contributed by atoms with Gasteiger partial charge in [0.15, 0.2) is 0 Å². The van der Waals surface area contributed by atoms with Gasteiger partial charge in [0, 0.05) is 0 Å². The third-order valence-electron chi connectivity index (χ3n) is 6.59. The maximum atomic E-state index is 13.9. The van der Waals surface area contributed by atoms with Crippen LogP contribution in [0.3, 0.4) is 0 Å². The first-order valence-corrected chi connectivity index (χ1v) is 14.5. The highest BCUT2D eigenvalue weighted by molar-refractivity contribution is 7.92. The Labute approximate surface area is 241 Å². The summed E-state index contributed by atoms with van der Waals surface area (Å²) in [5.74, 6) is -0.698. The number of anilines is 2. The van der Waals surface area contributed by atoms with Crippen LogP contribution in [0, 0.1) is 13.8 Å². The van der Waals surface area contributed by atoms with Crippen molar-refractivity contribution >= 4 is 33.2 Å². The van der Waals surface area contributed by atoms with Gasteiger partial charge in [-0.1, -0.05) is 66.2 Å². The van der Waals surface area contributed by atoms with Crippen LogP contribution in [0.15, 0.2) is 102 Å². The minimum atomic E-state index is -4.17. The molecule has 4 rings (SSSR count). The molecule has 0 heterocycles. The Morgan fingerprint density at radius 2 is 1.49 bits per heavy atom. The maximum Gasteiger partial charge on any atom is 0.264 e. The van der Waals surface area contributed by atoms with E-state index in [1.165, 1.54) is 19.2 Å². The Kier molecular flexibility index (Phi) is 9.09. The van der Waals surface area contributed by atoms with Crippen LogP contribution in [0.25, 0.3) is 0 Å². The van der Waals surface area contributed by atoms with E-state index in [9.17, 15) is 18.0 Å². The molecular weight excluding hydrogens is 538 g/mol. The number of para-hydroxylation sites is 1. The number of amides is 2. The van der Waals surface area contributed by atoms with Gasteiger partial charge < -0.3 is 15.4 Å². The normalized spacial score (nSPS) is 11.8. The van der Waals surface area contributed by atoms with Crippen molar-refractivity contribution in [2.24, 2.45) is 0 Å². The number of nitrogens with one attached hydrogen (secondary N) is 2. The molecule has 2 N–H and O–H groups in total. The van der Waals surface area contributed by atoms with Gasteiger partial charge in [0.1, 0.15) is 12.3 Å². The molecule has 2 amide bonds. The summed E-state index contributed by atoms with van der Waals surface area (Å²) in [5, 5.41) is 5.69. The average Bonchev–Trinajstić information content (AvgIpc) is 2.96. The molecule has 0 unspecified atom stereocenters. The largest absolute Gasteiger partial charge is 0.495 e. The highest BCUT2D eigenvalue weighted by Gasteiger charge is 2.30. The summed E-state index contributed by atoms with van der Waals surface area (Å²) >= 11 is 0. The number of carbonyl (C=O) groups excluding carboxylic acids is 2. The molecule has 9 heteroatoms. The summed E-state index contributed by atoms with van der Waals surface area (Å²) in [5.41, 5.74) is 3.37. The molecule has 0 radical (unpaired) electrons. The molecule has 0 spiro atoms. The molecule has 0 fully saturated rings. The van der Waals surface area contributed by atoms with E-state index in [4.69, 9.17) is 4.74 Å². The fraction of sp³-hybridized carbons (Fsp3) is 0.188. The van der Waals surface area contributed by atoms with Crippen LogP contribution in [0.1, 0.15) is 40.0 Å². The fourth-order valence-electron chi connectivity index (χ4n) is 4.34. The number of nitrogens with zero attached hydrogens (tertiary/aromatic N) is 1. The zero-order chi connectivity index (χ0) is 29.6. The minimum absolute atomic E-state index is 0.0362. The van der Waals surface area contributed by atoms with Crippen molar-refractivity contribution in [3.63, 3.8) is 0 Å². The highest BCUT2D eigenvalue weighted by Crippen LogP contribution is 2.33. The lowest BCUT2D eigenvalue weighted by molar-refractivity contribution is -0.114. The van der Waals surface area contributed by atoms with Crippen LogP contribution >= 0.6 is 0 Å². The number of hydrogen-bond donors (Lipinski definition) is 2. The van der Waals surface area contributed by atoms with Crippen LogP contribution in [-0.2, 0) is 14.8 Å². The zero-order valence-electron chi connectivity index (χ0n) is 23.4. The van der Waals surface area contributed by atoms with E-state index in [1.54, 1.807) is 54.6 Å². The van der Waals surface area contributed by atoms with Crippen LogP contribution in [0.4, 0.5) is 11.4 Å². The first-order valence-electron chi connectivity index (χ1n) is 13.1. The van der Waals surface area contributed by atoms with Gasteiger partial charge >= 0.3 is 0 Å². The molecule has 0 saturated heterocycles. The van der Waals surface area contributed by atoms with Gasteiger partial charge in [0.25, 0.3) is 15.9 Å². The van der Waals surface area contributed by atoms with Crippen molar-refractivity contribution in [2.45, 2.75) is 31.7 Å². The van der Waals surface area contributed by atoms with Crippen LogP contribution in [0.5, 0.6) is 5.75 Å². The summed E-state index contributed by atoms with van der Waals surface area (Å²) in [6.45, 7) is 5.01. The monoisotopic (exact) mass is 571 g/mol. The van der Waals surface area contributed by atoms with Gasteiger partial charge in [-0.05, 0) is 68.3 Å². The third kappa shape index (κ3) is 6.93. The molecule has 4 aromatic rings. The Balaban J connectivity index is 1.63. The number of carbonyl (C=O) groups is 2. The van der Waals surface area contributed by atoms with Crippen molar-refractivity contribution in [1.82, 2.24) is 5.32 Å². The van der Waals surface area contributed by atoms with E-state index in [1.807, 2.05) is 51.1 Å². The highest BCUT2D eigenvalue weighted by atomic mass is 32.2. The smallest absolute Gasteiger partial charge is 0.264 e. The summed E-state index contributed by atoms with van der Waals surface area (Å²) in [6, 6.07) is 27.4. The lowest BCUT2D eigenvalue weighted by atomic mass is 10.1. The number of ether oxygens (including phenoxy) is 1.